The fourth-order valence-corrected chi connectivity index (χ4v) is 4.68. The van der Waals surface area contributed by atoms with Crippen LogP contribution in [0.3, 0.4) is 0 Å². The molecule has 0 spiro atoms. The molecule has 2 fully saturated rings. The molecule has 0 saturated heterocycles. The fraction of sp³-hybridized carbons (Fsp3) is 0.739. The van der Waals surface area contributed by atoms with Crippen LogP contribution in [0.1, 0.15) is 82.3 Å². The highest BCUT2D eigenvalue weighted by Gasteiger charge is 2.49. The van der Waals surface area contributed by atoms with Crippen molar-refractivity contribution in [1.29, 1.82) is 0 Å². The van der Waals surface area contributed by atoms with Crippen LogP contribution in [0.25, 0.3) is 0 Å². The third kappa shape index (κ3) is 5.08. The molecule has 5 heteroatoms. The summed E-state index contributed by atoms with van der Waals surface area (Å²) in [5, 5.41) is 0. The molecule has 0 N–H and O–H groups in total. The minimum Gasteiger partial charge on any atom is -0.317 e. The van der Waals surface area contributed by atoms with E-state index in [2.05, 4.69) is 31.2 Å². The lowest BCUT2D eigenvalue weighted by Gasteiger charge is -2.39. The summed E-state index contributed by atoms with van der Waals surface area (Å²) in [6.07, 6.45) is -0.183. The molecule has 0 aromatic heterocycles. The number of benzene rings is 1. The van der Waals surface area contributed by atoms with Crippen LogP contribution in [0.2, 0.25) is 0 Å². The van der Waals surface area contributed by atoms with Crippen molar-refractivity contribution in [3.05, 3.63) is 35.4 Å². The minimum absolute atomic E-state index is 0.231. The van der Waals surface area contributed by atoms with Crippen LogP contribution < -0.4 is 0 Å². The molecular weight excluding hydrogens is 368 g/mol. The molecule has 0 aliphatic heterocycles. The van der Waals surface area contributed by atoms with Gasteiger partial charge in [0.15, 0.2) is 0 Å². The molecule has 1 aromatic rings. The van der Waals surface area contributed by atoms with Gasteiger partial charge in [-0.15, -0.1) is 0 Å². The van der Waals surface area contributed by atoms with E-state index in [1.165, 1.54) is 18.1 Å². The fourth-order valence-electron chi connectivity index (χ4n) is 4.68. The Balaban J connectivity index is 1.53. The maximum absolute atomic E-state index is 14.6. The van der Waals surface area contributed by atoms with Gasteiger partial charge in [-0.3, -0.25) is 0 Å². The first-order valence-corrected chi connectivity index (χ1v) is 10.7. The summed E-state index contributed by atoms with van der Waals surface area (Å²) in [6, 6.07) is 8.51. The standard InChI is InChI=1S/C23H32F4O/c1-3-4-17-6-8-18(9-7-17)19-10-12-20(13-11-19)23(26,27)28-21-14-5-16(2)22(24,25)15-21/h6-9,16,19-21H,3-5,10-15H2,1-2H3. The Hall–Kier alpha value is -1.10. The van der Waals surface area contributed by atoms with Gasteiger partial charge in [-0.1, -0.05) is 44.5 Å². The van der Waals surface area contributed by atoms with E-state index in [-0.39, 0.29) is 12.8 Å². The second-order valence-corrected chi connectivity index (χ2v) is 8.79. The van der Waals surface area contributed by atoms with Gasteiger partial charge in [-0.25, -0.2) is 8.78 Å². The zero-order chi connectivity index (χ0) is 20.4. The zero-order valence-corrected chi connectivity index (χ0v) is 16.9. The van der Waals surface area contributed by atoms with Crippen LogP contribution in [0.4, 0.5) is 17.6 Å². The van der Waals surface area contributed by atoms with Crippen molar-refractivity contribution in [1.82, 2.24) is 0 Å². The van der Waals surface area contributed by atoms with Crippen molar-refractivity contribution in [2.75, 3.05) is 0 Å². The third-order valence-electron chi connectivity index (χ3n) is 6.66. The Bertz CT molecular complexity index is 620. The molecule has 2 aliphatic rings. The minimum atomic E-state index is -3.32. The third-order valence-corrected chi connectivity index (χ3v) is 6.66. The number of hydrogen-bond acceptors (Lipinski definition) is 1. The Morgan fingerprint density at radius 1 is 1.00 bits per heavy atom. The smallest absolute Gasteiger partial charge is 0.317 e. The molecule has 158 valence electrons. The van der Waals surface area contributed by atoms with Crippen molar-refractivity contribution in [2.45, 2.75) is 95.7 Å². The number of rotatable bonds is 6. The molecule has 2 atom stereocenters. The van der Waals surface area contributed by atoms with Gasteiger partial charge in [0.2, 0.25) is 0 Å². The van der Waals surface area contributed by atoms with E-state index in [0.717, 1.165) is 12.8 Å². The van der Waals surface area contributed by atoms with Gasteiger partial charge in [0.1, 0.15) is 0 Å². The van der Waals surface area contributed by atoms with E-state index in [9.17, 15) is 17.6 Å². The van der Waals surface area contributed by atoms with Crippen molar-refractivity contribution in [3.63, 3.8) is 0 Å². The molecule has 2 saturated carbocycles. The summed E-state index contributed by atoms with van der Waals surface area (Å²) < 4.78 is 62.0. The molecule has 0 bridgehead atoms. The summed E-state index contributed by atoms with van der Waals surface area (Å²) in [6.45, 7) is 3.62. The Labute approximate surface area is 165 Å². The maximum atomic E-state index is 14.6. The zero-order valence-electron chi connectivity index (χ0n) is 16.9. The van der Waals surface area contributed by atoms with E-state index in [4.69, 9.17) is 4.74 Å². The number of halogens is 4. The topological polar surface area (TPSA) is 9.23 Å². The van der Waals surface area contributed by atoms with Crippen molar-refractivity contribution >= 4 is 0 Å². The highest BCUT2D eigenvalue weighted by atomic mass is 19.3. The van der Waals surface area contributed by atoms with Crippen LogP contribution in [0, 0.1) is 11.8 Å². The van der Waals surface area contributed by atoms with Gasteiger partial charge < -0.3 is 4.74 Å². The number of alkyl halides is 4. The van der Waals surface area contributed by atoms with E-state index in [0.29, 0.717) is 31.6 Å². The summed E-state index contributed by atoms with van der Waals surface area (Å²) in [5.41, 5.74) is 2.52. The van der Waals surface area contributed by atoms with Crippen molar-refractivity contribution in [2.24, 2.45) is 11.8 Å². The number of ether oxygens (including phenoxy) is 1. The molecule has 3 rings (SSSR count). The molecule has 0 amide bonds. The predicted molar refractivity (Wildman–Crippen MR) is 103 cm³/mol. The highest BCUT2D eigenvalue weighted by molar-refractivity contribution is 5.26. The number of hydrogen-bond donors (Lipinski definition) is 0. The summed E-state index contributed by atoms with van der Waals surface area (Å²) >= 11 is 0. The first-order valence-electron chi connectivity index (χ1n) is 10.7. The summed E-state index contributed by atoms with van der Waals surface area (Å²) in [5.74, 6) is -4.26. The molecule has 1 aromatic carbocycles. The Morgan fingerprint density at radius 2 is 1.64 bits per heavy atom. The Kier molecular flexibility index (Phi) is 6.73. The quantitative estimate of drug-likeness (QED) is 0.454. The van der Waals surface area contributed by atoms with Crippen LogP contribution in [-0.4, -0.2) is 18.1 Å². The SMILES string of the molecule is CCCc1ccc(C2CCC(C(F)(F)OC3CCC(C)C(F)(F)C3)CC2)cc1. The molecular formula is C23H32F4O. The molecule has 0 heterocycles. The largest absolute Gasteiger partial charge is 0.358 e. The van der Waals surface area contributed by atoms with Gasteiger partial charge in [0.05, 0.1) is 12.0 Å². The van der Waals surface area contributed by atoms with Crippen LogP contribution in [0.15, 0.2) is 24.3 Å². The summed E-state index contributed by atoms with van der Waals surface area (Å²) in [4.78, 5) is 0. The van der Waals surface area contributed by atoms with E-state index in [1.54, 1.807) is 0 Å². The van der Waals surface area contributed by atoms with Gasteiger partial charge in [0.25, 0.3) is 5.92 Å². The van der Waals surface area contributed by atoms with Gasteiger partial charge in [0, 0.05) is 12.3 Å². The molecule has 28 heavy (non-hydrogen) atoms. The predicted octanol–water partition coefficient (Wildman–Crippen LogP) is 7.35. The lowest BCUT2D eigenvalue weighted by atomic mass is 9.78. The van der Waals surface area contributed by atoms with Crippen LogP contribution in [-0.2, 0) is 11.2 Å². The van der Waals surface area contributed by atoms with Crippen LogP contribution >= 0.6 is 0 Å². The molecule has 2 unspecified atom stereocenters. The highest BCUT2D eigenvalue weighted by Crippen LogP contribution is 2.46. The summed E-state index contributed by atoms with van der Waals surface area (Å²) in [7, 11) is 0. The second-order valence-electron chi connectivity index (χ2n) is 8.79. The first-order chi connectivity index (χ1) is 13.2. The van der Waals surface area contributed by atoms with E-state index < -0.39 is 36.4 Å². The first kappa shape index (κ1) is 21.6. The van der Waals surface area contributed by atoms with Gasteiger partial charge in [-0.2, -0.15) is 8.78 Å². The van der Waals surface area contributed by atoms with Gasteiger partial charge >= 0.3 is 6.11 Å². The normalized spacial score (nSPS) is 30.9. The van der Waals surface area contributed by atoms with E-state index >= 15 is 0 Å². The average Bonchev–Trinajstić information content (AvgIpc) is 2.65. The molecule has 1 nitrogen and oxygen atoms in total. The molecule has 0 radical (unpaired) electrons. The maximum Gasteiger partial charge on any atom is 0.358 e. The Morgan fingerprint density at radius 3 is 2.21 bits per heavy atom. The second kappa shape index (κ2) is 8.73. The molecule has 2 aliphatic carbocycles. The average molecular weight is 401 g/mol. The van der Waals surface area contributed by atoms with Crippen molar-refractivity contribution < 1.29 is 22.3 Å². The lowest BCUT2D eigenvalue weighted by Crippen LogP contribution is -2.43. The lowest BCUT2D eigenvalue weighted by molar-refractivity contribution is -0.310. The number of aryl methyl sites for hydroxylation is 1. The van der Waals surface area contributed by atoms with E-state index in [1.807, 2.05) is 0 Å². The van der Waals surface area contributed by atoms with Gasteiger partial charge in [-0.05, 0) is 62.0 Å². The van der Waals surface area contributed by atoms with Crippen molar-refractivity contribution in [3.8, 4) is 0 Å². The monoisotopic (exact) mass is 400 g/mol. The van der Waals surface area contributed by atoms with Crippen LogP contribution in [0.5, 0.6) is 0 Å².